The van der Waals surface area contributed by atoms with Gasteiger partial charge in [0.15, 0.2) is 0 Å². The maximum absolute atomic E-state index is 12.6. The summed E-state index contributed by atoms with van der Waals surface area (Å²) in [5.41, 5.74) is -0.176. The zero-order valence-corrected chi connectivity index (χ0v) is 16.0. The van der Waals surface area contributed by atoms with E-state index in [0.29, 0.717) is 30.4 Å². The summed E-state index contributed by atoms with van der Waals surface area (Å²) in [6.07, 6.45) is 0.580. The molecular formula is C19H29NO5. The van der Waals surface area contributed by atoms with Crippen LogP contribution in [0.5, 0.6) is 5.75 Å². The molecule has 0 saturated heterocycles. The van der Waals surface area contributed by atoms with Crippen molar-refractivity contribution >= 4 is 17.6 Å². The summed E-state index contributed by atoms with van der Waals surface area (Å²) in [6, 6.07) is 4.90. The minimum absolute atomic E-state index is 0.261. The van der Waals surface area contributed by atoms with Crippen LogP contribution in [0.3, 0.4) is 0 Å². The van der Waals surface area contributed by atoms with Crippen LogP contribution in [0.2, 0.25) is 0 Å². The number of nitrogens with one attached hydrogen (secondary N) is 1. The Morgan fingerprint density at radius 3 is 2.40 bits per heavy atom. The first-order valence-electron chi connectivity index (χ1n) is 8.57. The highest BCUT2D eigenvalue weighted by atomic mass is 16.5. The van der Waals surface area contributed by atoms with Crippen molar-refractivity contribution in [3.8, 4) is 5.75 Å². The molecule has 25 heavy (non-hydrogen) atoms. The molecule has 0 bridgehead atoms. The summed E-state index contributed by atoms with van der Waals surface area (Å²) in [4.78, 5) is 24.8. The van der Waals surface area contributed by atoms with E-state index in [4.69, 9.17) is 14.2 Å². The van der Waals surface area contributed by atoms with Gasteiger partial charge in [-0.05, 0) is 51.3 Å². The first kappa shape index (κ1) is 21.0. The van der Waals surface area contributed by atoms with Crippen molar-refractivity contribution in [1.82, 2.24) is 0 Å². The van der Waals surface area contributed by atoms with Crippen LogP contribution in [0.15, 0.2) is 18.2 Å². The number of rotatable bonds is 9. The fourth-order valence-electron chi connectivity index (χ4n) is 2.57. The molecule has 0 spiro atoms. The molecule has 1 aromatic rings. The predicted octanol–water partition coefficient (Wildman–Crippen LogP) is 3.65. The van der Waals surface area contributed by atoms with Crippen LogP contribution in [0.1, 0.15) is 51.4 Å². The molecule has 1 amide bonds. The van der Waals surface area contributed by atoms with Gasteiger partial charge in [-0.3, -0.25) is 4.79 Å². The smallest absolute Gasteiger partial charge is 0.341 e. The van der Waals surface area contributed by atoms with Crippen LogP contribution in [0, 0.1) is 5.92 Å². The molecule has 1 rings (SSSR count). The van der Waals surface area contributed by atoms with Gasteiger partial charge in [-0.1, -0.05) is 13.8 Å². The number of benzene rings is 1. The average molecular weight is 351 g/mol. The summed E-state index contributed by atoms with van der Waals surface area (Å²) in [5.74, 6) is -0.0249. The zero-order valence-electron chi connectivity index (χ0n) is 16.0. The topological polar surface area (TPSA) is 73.9 Å². The second kappa shape index (κ2) is 9.42. The Balaban J connectivity index is 3.07. The number of amides is 1. The van der Waals surface area contributed by atoms with E-state index < -0.39 is 11.6 Å². The Morgan fingerprint density at radius 2 is 1.88 bits per heavy atom. The lowest BCUT2D eigenvalue weighted by Crippen LogP contribution is -2.43. The van der Waals surface area contributed by atoms with Crippen molar-refractivity contribution < 1.29 is 23.8 Å². The molecule has 0 aliphatic carbocycles. The van der Waals surface area contributed by atoms with Crippen molar-refractivity contribution in [2.75, 3.05) is 25.6 Å². The molecule has 0 saturated carbocycles. The number of ether oxygens (including phenoxy) is 3. The molecule has 140 valence electrons. The summed E-state index contributed by atoms with van der Waals surface area (Å²) >= 11 is 0. The highest BCUT2D eigenvalue weighted by Crippen LogP contribution is 2.26. The number of carbonyl (C=O) groups is 2. The van der Waals surface area contributed by atoms with Crippen LogP contribution in [0.25, 0.3) is 0 Å². The minimum Gasteiger partial charge on any atom is -0.493 e. The molecule has 0 fully saturated rings. The summed E-state index contributed by atoms with van der Waals surface area (Å²) in [7, 11) is 1.52. The van der Waals surface area contributed by atoms with E-state index in [1.807, 2.05) is 20.8 Å². The van der Waals surface area contributed by atoms with Crippen molar-refractivity contribution in [2.45, 2.75) is 46.6 Å². The van der Waals surface area contributed by atoms with E-state index in [1.165, 1.54) is 7.11 Å². The molecule has 1 atom stereocenters. The molecular weight excluding hydrogens is 322 g/mol. The predicted molar refractivity (Wildman–Crippen MR) is 97.1 cm³/mol. The van der Waals surface area contributed by atoms with Crippen LogP contribution in [-0.4, -0.2) is 37.8 Å². The minimum atomic E-state index is -0.948. The van der Waals surface area contributed by atoms with Crippen LogP contribution >= 0.6 is 0 Å². The standard InChI is InChI=1S/C19H29NO5/c1-7-24-16-10-9-14(11-15(16)17(21)25-8-2)20-18(22)19(5,23-6)12-13(3)4/h9-11,13H,7-8,12H2,1-6H3,(H,20,22)/t19-/m1/s1. The van der Waals surface area contributed by atoms with E-state index in [-0.39, 0.29) is 18.1 Å². The fourth-order valence-corrected chi connectivity index (χ4v) is 2.57. The molecule has 0 unspecified atom stereocenters. The van der Waals surface area contributed by atoms with Gasteiger partial charge in [-0.15, -0.1) is 0 Å². The molecule has 6 heteroatoms. The summed E-state index contributed by atoms with van der Waals surface area (Å²) in [5, 5.41) is 2.82. The Morgan fingerprint density at radius 1 is 1.20 bits per heavy atom. The normalized spacial score (nSPS) is 13.2. The Labute approximate surface area is 149 Å². The molecule has 0 radical (unpaired) electrons. The second-order valence-corrected chi connectivity index (χ2v) is 6.35. The van der Waals surface area contributed by atoms with Crippen LogP contribution < -0.4 is 10.1 Å². The largest absolute Gasteiger partial charge is 0.493 e. The maximum Gasteiger partial charge on any atom is 0.341 e. The molecule has 0 aromatic heterocycles. The Bertz CT molecular complexity index is 599. The van der Waals surface area contributed by atoms with Crippen molar-refractivity contribution in [3.05, 3.63) is 23.8 Å². The summed E-state index contributed by atoms with van der Waals surface area (Å²) < 4.78 is 16.0. The van der Waals surface area contributed by atoms with E-state index >= 15 is 0 Å². The third-order valence-corrected chi connectivity index (χ3v) is 3.76. The third kappa shape index (κ3) is 5.74. The number of esters is 1. The van der Waals surface area contributed by atoms with Crippen molar-refractivity contribution in [3.63, 3.8) is 0 Å². The number of hydrogen-bond acceptors (Lipinski definition) is 5. The van der Waals surface area contributed by atoms with Gasteiger partial charge in [-0.2, -0.15) is 0 Å². The molecule has 1 N–H and O–H groups in total. The third-order valence-electron chi connectivity index (χ3n) is 3.76. The van der Waals surface area contributed by atoms with Gasteiger partial charge in [0.1, 0.15) is 16.9 Å². The lowest BCUT2D eigenvalue weighted by molar-refractivity contribution is -0.137. The zero-order chi connectivity index (χ0) is 19.0. The van der Waals surface area contributed by atoms with Gasteiger partial charge in [0.05, 0.1) is 13.2 Å². The van der Waals surface area contributed by atoms with E-state index in [2.05, 4.69) is 5.32 Å². The lowest BCUT2D eigenvalue weighted by atomic mass is 9.93. The van der Waals surface area contributed by atoms with Crippen LogP contribution in [-0.2, 0) is 14.3 Å². The molecule has 1 aromatic carbocycles. The SMILES string of the molecule is CCOC(=O)c1cc(NC(=O)[C@@](C)(CC(C)C)OC)ccc1OCC. The molecule has 0 aliphatic rings. The first-order chi connectivity index (χ1) is 11.8. The van der Waals surface area contributed by atoms with Crippen molar-refractivity contribution in [1.29, 1.82) is 0 Å². The van der Waals surface area contributed by atoms with E-state index in [1.54, 1.807) is 32.0 Å². The second-order valence-electron chi connectivity index (χ2n) is 6.35. The van der Waals surface area contributed by atoms with Crippen LogP contribution in [0.4, 0.5) is 5.69 Å². The molecule has 0 heterocycles. The van der Waals surface area contributed by atoms with Gasteiger partial charge in [0, 0.05) is 12.8 Å². The van der Waals surface area contributed by atoms with Gasteiger partial charge in [0.25, 0.3) is 5.91 Å². The number of hydrogen-bond donors (Lipinski definition) is 1. The van der Waals surface area contributed by atoms with E-state index in [0.717, 1.165) is 0 Å². The Kier molecular flexibility index (Phi) is 7.90. The number of carbonyl (C=O) groups excluding carboxylic acids is 2. The molecule has 6 nitrogen and oxygen atoms in total. The average Bonchev–Trinajstić information content (AvgIpc) is 2.55. The van der Waals surface area contributed by atoms with Crippen molar-refractivity contribution in [2.24, 2.45) is 5.92 Å². The van der Waals surface area contributed by atoms with E-state index in [9.17, 15) is 9.59 Å². The fraction of sp³-hybridized carbons (Fsp3) is 0.579. The van der Waals surface area contributed by atoms with Gasteiger partial charge >= 0.3 is 5.97 Å². The quantitative estimate of drug-likeness (QED) is 0.688. The monoisotopic (exact) mass is 351 g/mol. The van der Waals surface area contributed by atoms with Gasteiger partial charge in [0.2, 0.25) is 0 Å². The van der Waals surface area contributed by atoms with Gasteiger partial charge < -0.3 is 19.5 Å². The number of methoxy groups -OCH3 is 1. The lowest BCUT2D eigenvalue weighted by Gasteiger charge is -2.28. The Hall–Kier alpha value is -2.08. The number of anilines is 1. The maximum atomic E-state index is 12.6. The summed E-state index contributed by atoms with van der Waals surface area (Å²) in [6.45, 7) is 10.1. The highest BCUT2D eigenvalue weighted by Gasteiger charge is 2.34. The van der Waals surface area contributed by atoms with Gasteiger partial charge in [-0.25, -0.2) is 4.79 Å². The highest BCUT2D eigenvalue weighted by molar-refractivity contribution is 5.99. The molecule has 0 aliphatic heterocycles. The first-order valence-corrected chi connectivity index (χ1v) is 8.57.